The summed E-state index contributed by atoms with van der Waals surface area (Å²) >= 11 is 0. The van der Waals surface area contributed by atoms with Gasteiger partial charge in [0.15, 0.2) is 5.69 Å². The second-order valence-electron chi connectivity index (χ2n) is 5.03. The summed E-state index contributed by atoms with van der Waals surface area (Å²) in [6.07, 6.45) is 0. The fraction of sp³-hybridized carbons (Fsp3) is 0.385. The minimum atomic E-state index is -1.25. The van der Waals surface area contributed by atoms with Crippen LogP contribution in [0.2, 0.25) is 0 Å². The third-order valence-corrected chi connectivity index (χ3v) is 3.44. The highest BCUT2D eigenvalue weighted by Gasteiger charge is 2.37. The van der Waals surface area contributed by atoms with E-state index in [1.54, 1.807) is 19.9 Å². The second-order valence-corrected chi connectivity index (χ2v) is 5.03. The van der Waals surface area contributed by atoms with Crippen LogP contribution in [0, 0.1) is 11.1 Å². The Morgan fingerprint density at radius 1 is 1.40 bits per heavy atom. The van der Waals surface area contributed by atoms with E-state index in [0.717, 1.165) is 0 Å². The van der Waals surface area contributed by atoms with Crippen LogP contribution in [-0.4, -0.2) is 22.6 Å². The Balaban J connectivity index is 3.11. The Bertz CT molecular complexity index is 516. The number of amides is 2. The summed E-state index contributed by atoms with van der Waals surface area (Å²) in [6, 6.07) is 5.79. The van der Waals surface area contributed by atoms with E-state index in [1.165, 1.54) is 25.1 Å². The van der Waals surface area contributed by atoms with Crippen LogP contribution in [0.4, 0.5) is 5.69 Å². The topological polar surface area (TPSA) is 120 Å². The number of nitrogens with two attached hydrogens (primary N) is 1. The van der Waals surface area contributed by atoms with Crippen molar-refractivity contribution in [2.75, 3.05) is 0 Å². The fourth-order valence-corrected chi connectivity index (χ4v) is 1.66. The predicted octanol–water partition coefficient (Wildman–Crippen LogP) is -0.280. The van der Waals surface area contributed by atoms with Crippen LogP contribution in [0.5, 0.6) is 0 Å². The van der Waals surface area contributed by atoms with Crippen molar-refractivity contribution in [2.24, 2.45) is 11.7 Å². The predicted molar refractivity (Wildman–Crippen MR) is 72.1 cm³/mol. The molecule has 0 spiro atoms. The summed E-state index contributed by atoms with van der Waals surface area (Å²) in [4.78, 5) is 23.8. The zero-order chi connectivity index (χ0) is 15.5. The number of primary amides is 1. The van der Waals surface area contributed by atoms with Crippen molar-refractivity contribution in [2.45, 2.75) is 26.3 Å². The number of hydrogen-bond donors (Lipinski definition) is 4. The summed E-state index contributed by atoms with van der Waals surface area (Å²) in [5, 5.41) is 21.5. The molecule has 20 heavy (non-hydrogen) atoms. The van der Waals surface area contributed by atoms with Crippen LogP contribution in [0.3, 0.4) is 0 Å². The smallest absolute Gasteiger partial charge is 0.258 e. The zero-order valence-corrected chi connectivity index (χ0v) is 11.6. The number of hydrogen-bond acceptors (Lipinski definition) is 4. The molecule has 0 aliphatic rings. The molecule has 2 amide bonds. The quantitative estimate of drug-likeness (QED) is 0.555. The van der Waals surface area contributed by atoms with E-state index in [1.807, 2.05) is 0 Å². The number of para-hydroxylation sites is 1. The molecule has 7 heteroatoms. The molecule has 0 aromatic heterocycles. The maximum Gasteiger partial charge on any atom is 0.258 e. The van der Waals surface area contributed by atoms with Crippen molar-refractivity contribution in [3.8, 4) is 0 Å². The van der Waals surface area contributed by atoms with Gasteiger partial charge in [0.2, 0.25) is 5.91 Å². The Morgan fingerprint density at radius 3 is 2.40 bits per heavy atom. The Hall–Kier alpha value is -1.96. The lowest BCUT2D eigenvalue weighted by Crippen LogP contribution is -2.99. The molecule has 1 aromatic carbocycles. The lowest BCUT2D eigenvalue weighted by atomic mass is 9.87. The van der Waals surface area contributed by atoms with Gasteiger partial charge in [-0.25, -0.2) is 5.21 Å². The minimum Gasteiger partial charge on any atom is -0.595 e. The molecule has 7 nitrogen and oxygen atoms in total. The van der Waals surface area contributed by atoms with E-state index in [9.17, 15) is 14.8 Å². The minimum absolute atomic E-state index is 0.00637. The van der Waals surface area contributed by atoms with E-state index in [-0.39, 0.29) is 17.2 Å². The summed E-state index contributed by atoms with van der Waals surface area (Å²) in [5.41, 5.74) is 3.95. The summed E-state index contributed by atoms with van der Waals surface area (Å²) in [5.74, 6) is -1.55. The van der Waals surface area contributed by atoms with Gasteiger partial charge < -0.3 is 16.3 Å². The maximum atomic E-state index is 12.2. The van der Waals surface area contributed by atoms with Crippen molar-refractivity contribution in [3.05, 3.63) is 35.0 Å². The molecule has 0 bridgehead atoms. The molecule has 0 saturated heterocycles. The maximum absolute atomic E-state index is 12.2. The molecule has 0 radical (unpaired) electrons. The van der Waals surface area contributed by atoms with Crippen molar-refractivity contribution >= 4 is 17.5 Å². The van der Waals surface area contributed by atoms with E-state index >= 15 is 0 Å². The van der Waals surface area contributed by atoms with Crippen LogP contribution in [0.25, 0.3) is 0 Å². The van der Waals surface area contributed by atoms with E-state index in [0.29, 0.717) is 0 Å². The lowest BCUT2D eigenvalue weighted by molar-refractivity contribution is -0.991. The van der Waals surface area contributed by atoms with Crippen molar-refractivity contribution < 1.29 is 20.0 Å². The SMILES string of the molecule is CC(C)[C@](C)(NC(=O)c1ccccc1[NH+]([O-])O)C(N)=O. The normalized spacial score (nSPS) is 15.5. The number of carbonyl (C=O) groups is 2. The zero-order valence-electron chi connectivity index (χ0n) is 11.6. The van der Waals surface area contributed by atoms with Crippen molar-refractivity contribution in [3.63, 3.8) is 0 Å². The first-order valence-electron chi connectivity index (χ1n) is 6.15. The average molecular weight is 281 g/mol. The van der Waals surface area contributed by atoms with E-state index in [2.05, 4.69) is 5.32 Å². The largest absolute Gasteiger partial charge is 0.595 e. The lowest BCUT2D eigenvalue weighted by Gasteiger charge is -2.31. The molecule has 0 fully saturated rings. The highest BCUT2D eigenvalue weighted by molar-refractivity contribution is 6.01. The molecular formula is C13H19N3O4. The van der Waals surface area contributed by atoms with Gasteiger partial charge in [0.25, 0.3) is 5.91 Å². The van der Waals surface area contributed by atoms with Gasteiger partial charge in [0, 0.05) is 6.07 Å². The molecule has 1 unspecified atom stereocenters. The van der Waals surface area contributed by atoms with Crippen LogP contribution in [0.15, 0.2) is 24.3 Å². The number of rotatable bonds is 5. The first-order chi connectivity index (χ1) is 9.20. The van der Waals surface area contributed by atoms with E-state index in [4.69, 9.17) is 10.9 Å². The molecule has 0 heterocycles. The standard InChI is InChI=1S/C13H19N3O4/c1-8(2)13(3,12(14)18)15-11(17)9-6-4-5-7-10(9)16(19)20/h4-8,16,19H,1-3H3,(H2,14,18)(H,15,17)/t13-/m0/s1. The molecule has 5 N–H and O–H groups in total. The van der Waals surface area contributed by atoms with Gasteiger partial charge in [-0.1, -0.05) is 26.0 Å². The molecule has 0 saturated carbocycles. The third kappa shape index (κ3) is 3.13. The highest BCUT2D eigenvalue weighted by Crippen LogP contribution is 2.18. The first-order valence-corrected chi connectivity index (χ1v) is 6.15. The molecule has 0 aliphatic carbocycles. The van der Waals surface area contributed by atoms with Crippen molar-refractivity contribution in [1.82, 2.24) is 5.32 Å². The van der Waals surface area contributed by atoms with Gasteiger partial charge in [0.1, 0.15) is 11.1 Å². The molecule has 110 valence electrons. The second kappa shape index (κ2) is 6.00. The van der Waals surface area contributed by atoms with Gasteiger partial charge in [-0.05, 0) is 18.9 Å². The van der Waals surface area contributed by atoms with Gasteiger partial charge in [0.05, 0.1) is 0 Å². The van der Waals surface area contributed by atoms with Crippen LogP contribution in [0.1, 0.15) is 31.1 Å². The molecule has 0 aliphatic heterocycles. The van der Waals surface area contributed by atoms with Crippen LogP contribution in [-0.2, 0) is 4.79 Å². The number of nitrogens with one attached hydrogen (secondary N) is 2. The molecule has 2 atom stereocenters. The van der Waals surface area contributed by atoms with Gasteiger partial charge in [-0.3, -0.25) is 9.59 Å². The number of quaternary nitrogens is 1. The first kappa shape index (κ1) is 16.1. The number of benzene rings is 1. The Kier molecular flexibility index (Phi) is 4.83. The monoisotopic (exact) mass is 281 g/mol. The molecule has 1 rings (SSSR count). The average Bonchev–Trinajstić information content (AvgIpc) is 2.37. The van der Waals surface area contributed by atoms with Gasteiger partial charge >= 0.3 is 0 Å². The van der Waals surface area contributed by atoms with Crippen molar-refractivity contribution in [1.29, 1.82) is 0 Å². The summed E-state index contributed by atoms with van der Waals surface area (Å²) < 4.78 is 0. The van der Waals surface area contributed by atoms with E-state index < -0.39 is 22.6 Å². The van der Waals surface area contributed by atoms with Crippen LogP contribution < -0.4 is 16.3 Å². The molecular weight excluding hydrogens is 262 g/mol. The third-order valence-electron chi connectivity index (χ3n) is 3.44. The summed E-state index contributed by atoms with van der Waals surface area (Å²) in [7, 11) is 0. The molecule has 1 aromatic rings. The van der Waals surface area contributed by atoms with Gasteiger partial charge in [-0.15, -0.1) is 0 Å². The van der Waals surface area contributed by atoms with Gasteiger partial charge in [-0.2, -0.15) is 5.23 Å². The highest BCUT2D eigenvalue weighted by atomic mass is 16.8. The Morgan fingerprint density at radius 2 is 1.95 bits per heavy atom. The summed E-state index contributed by atoms with van der Waals surface area (Å²) in [6.45, 7) is 5.00. The Labute approximate surface area is 116 Å². The fourth-order valence-electron chi connectivity index (χ4n) is 1.66. The van der Waals surface area contributed by atoms with Crippen LogP contribution >= 0.6 is 0 Å². The number of carbonyl (C=O) groups excluding carboxylic acids is 2.